The van der Waals surface area contributed by atoms with Crippen LogP contribution in [-0.4, -0.2) is 10.8 Å². The summed E-state index contributed by atoms with van der Waals surface area (Å²) in [6, 6.07) is 16.3. The van der Waals surface area contributed by atoms with E-state index >= 15 is 0 Å². The third kappa shape index (κ3) is 3.19. The number of likely N-dealkylation sites (tertiary alicyclic amines) is 1. The Morgan fingerprint density at radius 1 is 1.00 bits per heavy atom. The lowest BCUT2D eigenvalue weighted by Gasteiger charge is -2.18. The first-order valence-electron chi connectivity index (χ1n) is 7.03. The molecule has 2 aromatic rings. The number of amides is 1. The van der Waals surface area contributed by atoms with Crippen molar-refractivity contribution >= 4 is 12.0 Å². The van der Waals surface area contributed by atoms with E-state index in [9.17, 15) is 9.18 Å². The SMILES string of the molecule is O=C1CC/C(=C\c2ccccc2)N1Cc1ccc(F)cc1. The van der Waals surface area contributed by atoms with Gasteiger partial charge in [0.15, 0.2) is 0 Å². The molecule has 1 aliphatic heterocycles. The molecule has 0 aromatic heterocycles. The van der Waals surface area contributed by atoms with E-state index in [0.29, 0.717) is 13.0 Å². The van der Waals surface area contributed by atoms with Crippen LogP contribution in [0.1, 0.15) is 24.0 Å². The van der Waals surface area contributed by atoms with Crippen molar-refractivity contribution in [2.45, 2.75) is 19.4 Å². The highest BCUT2D eigenvalue weighted by Crippen LogP contribution is 2.26. The second-order valence-corrected chi connectivity index (χ2v) is 5.15. The first-order chi connectivity index (χ1) is 10.2. The maximum absolute atomic E-state index is 12.9. The monoisotopic (exact) mass is 281 g/mol. The first-order valence-corrected chi connectivity index (χ1v) is 7.03. The van der Waals surface area contributed by atoms with Crippen molar-refractivity contribution in [1.82, 2.24) is 4.90 Å². The maximum Gasteiger partial charge on any atom is 0.227 e. The molecule has 2 aromatic carbocycles. The fourth-order valence-corrected chi connectivity index (χ4v) is 2.52. The minimum absolute atomic E-state index is 0.126. The lowest BCUT2D eigenvalue weighted by atomic mass is 10.1. The summed E-state index contributed by atoms with van der Waals surface area (Å²) in [5.74, 6) is -0.131. The summed E-state index contributed by atoms with van der Waals surface area (Å²) in [5, 5.41) is 0. The summed E-state index contributed by atoms with van der Waals surface area (Å²) in [5.41, 5.74) is 3.05. The second-order valence-electron chi connectivity index (χ2n) is 5.15. The lowest BCUT2D eigenvalue weighted by molar-refractivity contribution is -0.127. The Morgan fingerprint density at radius 3 is 2.43 bits per heavy atom. The molecule has 1 aliphatic rings. The van der Waals surface area contributed by atoms with Gasteiger partial charge in [-0.2, -0.15) is 0 Å². The van der Waals surface area contributed by atoms with Crippen LogP contribution in [0.25, 0.3) is 6.08 Å². The lowest BCUT2D eigenvalue weighted by Crippen LogP contribution is -2.22. The topological polar surface area (TPSA) is 20.3 Å². The van der Waals surface area contributed by atoms with Gasteiger partial charge in [0.25, 0.3) is 0 Å². The summed E-state index contributed by atoms with van der Waals surface area (Å²) in [6.07, 6.45) is 3.35. The molecule has 1 saturated heterocycles. The van der Waals surface area contributed by atoms with Gasteiger partial charge < -0.3 is 4.90 Å². The molecule has 3 heteroatoms. The van der Waals surface area contributed by atoms with E-state index in [2.05, 4.69) is 6.08 Å². The molecule has 0 saturated carbocycles. The van der Waals surface area contributed by atoms with Crippen molar-refractivity contribution in [1.29, 1.82) is 0 Å². The van der Waals surface area contributed by atoms with Crippen LogP contribution >= 0.6 is 0 Å². The molecule has 1 fully saturated rings. The number of carbonyl (C=O) groups excluding carboxylic acids is 1. The van der Waals surface area contributed by atoms with Crippen LogP contribution in [0, 0.1) is 5.82 Å². The number of halogens is 1. The van der Waals surface area contributed by atoms with Gasteiger partial charge in [0.1, 0.15) is 5.82 Å². The number of benzene rings is 2. The second kappa shape index (κ2) is 5.92. The highest BCUT2D eigenvalue weighted by atomic mass is 19.1. The Bertz CT molecular complexity index is 661. The first kappa shape index (κ1) is 13.6. The fourth-order valence-electron chi connectivity index (χ4n) is 2.52. The quantitative estimate of drug-likeness (QED) is 0.833. The molecule has 21 heavy (non-hydrogen) atoms. The standard InChI is InChI=1S/C18H16FNO/c19-16-8-6-15(7-9-16)13-20-17(10-11-18(20)21)12-14-4-2-1-3-5-14/h1-9,12H,10-11,13H2/b17-12+. The number of carbonyl (C=O) groups is 1. The minimum atomic E-state index is -0.258. The molecule has 0 N–H and O–H groups in total. The molecule has 0 radical (unpaired) electrons. The van der Waals surface area contributed by atoms with E-state index in [1.54, 1.807) is 17.0 Å². The number of nitrogens with zero attached hydrogens (tertiary/aromatic N) is 1. The summed E-state index contributed by atoms with van der Waals surface area (Å²) in [6.45, 7) is 0.498. The van der Waals surface area contributed by atoms with Crippen LogP contribution in [0.15, 0.2) is 60.3 Å². The summed E-state index contributed by atoms with van der Waals surface area (Å²) >= 11 is 0. The molecular weight excluding hydrogens is 265 g/mol. The van der Waals surface area contributed by atoms with Gasteiger partial charge in [-0.25, -0.2) is 4.39 Å². The Morgan fingerprint density at radius 2 is 1.71 bits per heavy atom. The molecule has 1 amide bonds. The molecule has 2 nitrogen and oxygen atoms in total. The molecule has 0 aliphatic carbocycles. The highest BCUT2D eigenvalue weighted by Gasteiger charge is 2.25. The van der Waals surface area contributed by atoms with Crippen molar-refractivity contribution in [3.8, 4) is 0 Å². The number of rotatable bonds is 3. The average Bonchev–Trinajstić information content (AvgIpc) is 2.84. The maximum atomic E-state index is 12.9. The number of hydrogen-bond donors (Lipinski definition) is 0. The Kier molecular flexibility index (Phi) is 3.82. The molecular formula is C18H16FNO. The van der Waals surface area contributed by atoms with Gasteiger partial charge in [-0.15, -0.1) is 0 Å². The van der Waals surface area contributed by atoms with E-state index in [0.717, 1.165) is 23.2 Å². The molecule has 0 spiro atoms. The van der Waals surface area contributed by atoms with Crippen molar-refractivity contribution < 1.29 is 9.18 Å². The van der Waals surface area contributed by atoms with E-state index in [-0.39, 0.29) is 11.7 Å². The Labute approximate surface area is 123 Å². The zero-order valence-corrected chi connectivity index (χ0v) is 11.6. The van der Waals surface area contributed by atoms with Crippen LogP contribution in [-0.2, 0) is 11.3 Å². The van der Waals surface area contributed by atoms with E-state index < -0.39 is 0 Å². The third-order valence-corrected chi connectivity index (χ3v) is 3.63. The van der Waals surface area contributed by atoms with Gasteiger partial charge in [0.05, 0.1) is 6.54 Å². The van der Waals surface area contributed by atoms with E-state index in [1.165, 1.54) is 12.1 Å². The van der Waals surface area contributed by atoms with Crippen molar-refractivity contribution in [3.05, 3.63) is 77.2 Å². The Balaban J connectivity index is 1.83. The predicted molar refractivity (Wildman–Crippen MR) is 80.6 cm³/mol. The average molecular weight is 281 g/mol. The van der Waals surface area contributed by atoms with Gasteiger partial charge in [-0.3, -0.25) is 4.79 Å². The molecule has 0 unspecified atom stereocenters. The van der Waals surface area contributed by atoms with Crippen LogP contribution in [0.4, 0.5) is 4.39 Å². The van der Waals surface area contributed by atoms with Gasteiger partial charge >= 0.3 is 0 Å². The highest BCUT2D eigenvalue weighted by molar-refractivity contribution is 5.83. The van der Waals surface area contributed by atoms with Crippen LogP contribution < -0.4 is 0 Å². The van der Waals surface area contributed by atoms with Crippen LogP contribution in [0.3, 0.4) is 0 Å². The summed E-state index contributed by atoms with van der Waals surface area (Å²) in [7, 11) is 0. The number of hydrogen-bond acceptors (Lipinski definition) is 1. The fraction of sp³-hybridized carbons (Fsp3) is 0.167. The molecule has 0 bridgehead atoms. The molecule has 106 valence electrons. The molecule has 3 rings (SSSR count). The van der Waals surface area contributed by atoms with Gasteiger partial charge in [0, 0.05) is 12.1 Å². The zero-order valence-electron chi connectivity index (χ0n) is 11.6. The van der Waals surface area contributed by atoms with Gasteiger partial charge in [0.2, 0.25) is 5.91 Å². The smallest absolute Gasteiger partial charge is 0.227 e. The third-order valence-electron chi connectivity index (χ3n) is 3.63. The van der Waals surface area contributed by atoms with Crippen LogP contribution in [0.5, 0.6) is 0 Å². The van der Waals surface area contributed by atoms with Crippen molar-refractivity contribution in [3.63, 3.8) is 0 Å². The Hall–Kier alpha value is -2.42. The van der Waals surface area contributed by atoms with Crippen molar-refractivity contribution in [2.24, 2.45) is 0 Å². The van der Waals surface area contributed by atoms with Gasteiger partial charge in [-0.05, 0) is 35.8 Å². The van der Waals surface area contributed by atoms with E-state index in [1.807, 2.05) is 30.3 Å². The largest absolute Gasteiger partial charge is 0.312 e. The van der Waals surface area contributed by atoms with Crippen LogP contribution in [0.2, 0.25) is 0 Å². The van der Waals surface area contributed by atoms with E-state index in [4.69, 9.17) is 0 Å². The number of allylic oxidation sites excluding steroid dienone is 1. The van der Waals surface area contributed by atoms with Crippen molar-refractivity contribution in [2.75, 3.05) is 0 Å². The minimum Gasteiger partial charge on any atom is -0.312 e. The predicted octanol–water partition coefficient (Wildman–Crippen LogP) is 3.99. The van der Waals surface area contributed by atoms with Gasteiger partial charge in [-0.1, -0.05) is 42.5 Å². The molecule has 1 heterocycles. The summed E-state index contributed by atoms with van der Waals surface area (Å²) < 4.78 is 12.9. The molecule has 0 atom stereocenters. The summed E-state index contributed by atoms with van der Waals surface area (Å²) in [4.78, 5) is 13.8. The normalized spacial score (nSPS) is 16.7. The zero-order chi connectivity index (χ0) is 14.7.